The molecule has 0 unspecified atom stereocenters. The van der Waals surface area contributed by atoms with Crippen LogP contribution in [0.3, 0.4) is 0 Å². The molecular formula is C13H12BrClN2OS. The Morgan fingerprint density at radius 3 is 2.84 bits per heavy atom. The van der Waals surface area contributed by atoms with Crippen LogP contribution < -0.4 is 0 Å². The third kappa shape index (κ3) is 4.45. The van der Waals surface area contributed by atoms with E-state index < -0.39 is 0 Å². The van der Waals surface area contributed by atoms with Crippen LogP contribution in [0.25, 0.3) is 0 Å². The maximum absolute atomic E-state index is 6.00. The summed E-state index contributed by atoms with van der Waals surface area (Å²) in [5, 5.41) is 1.24. The number of benzene rings is 1. The van der Waals surface area contributed by atoms with Gasteiger partial charge in [-0.2, -0.15) is 0 Å². The zero-order valence-corrected chi connectivity index (χ0v) is 13.4. The number of ether oxygens (including phenoxy) is 1. The summed E-state index contributed by atoms with van der Waals surface area (Å²) in [4.78, 5) is 9.65. The van der Waals surface area contributed by atoms with Crippen LogP contribution in [0.2, 0.25) is 5.15 Å². The predicted molar refractivity (Wildman–Crippen MR) is 80.6 cm³/mol. The standard InChI is InChI=1S/C13H12BrClN2OS/c1-2-18-8-12-16-11(15)7-13(17-12)19-10-6-4-3-5-9(10)14/h3-7H,2,8H2,1H3. The maximum atomic E-state index is 6.00. The van der Waals surface area contributed by atoms with Crippen LogP contribution in [0.1, 0.15) is 12.7 Å². The fourth-order valence-electron chi connectivity index (χ4n) is 1.39. The van der Waals surface area contributed by atoms with Crippen molar-refractivity contribution in [3.8, 4) is 0 Å². The minimum absolute atomic E-state index is 0.376. The van der Waals surface area contributed by atoms with E-state index in [-0.39, 0.29) is 0 Å². The van der Waals surface area contributed by atoms with Crippen LogP contribution in [-0.2, 0) is 11.3 Å². The molecule has 0 radical (unpaired) electrons. The second-order valence-corrected chi connectivity index (χ2v) is 5.92. The first-order valence-electron chi connectivity index (χ1n) is 5.72. The highest BCUT2D eigenvalue weighted by molar-refractivity contribution is 9.10. The Kier molecular flexibility index (Phi) is 5.63. The zero-order chi connectivity index (χ0) is 13.7. The molecule has 19 heavy (non-hydrogen) atoms. The minimum atomic E-state index is 0.376. The first-order chi connectivity index (χ1) is 9.19. The molecule has 1 aromatic heterocycles. The topological polar surface area (TPSA) is 35.0 Å². The van der Waals surface area contributed by atoms with Crippen molar-refractivity contribution in [2.75, 3.05) is 6.61 Å². The highest BCUT2D eigenvalue weighted by Gasteiger charge is 2.07. The third-order valence-corrected chi connectivity index (χ3v) is 4.35. The van der Waals surface area contributed by atoms with Gasteiger partial charge in [0, 0.05) is 22.0 Å². The number of hydrogen-bond acceptors (Lipinski definition) is 4. The summed E-state index contributed by atoms with van der Waals surface area (Å²) in [6.07, 6.45) is 0. The van der Waals surface area contributed by atoms with E-state index in [2.05, 4.69) is 25.9 Å². The summed E-state index contributed by atoms with van der Waals surface area (Å²) in [5.74, 6) is 0.601. The lowest BCUT2D eigenvalue weighted by molar-refractivity contribution is 0.128. The van der Waals surface area contributed by atoms with Crippen LogP contribution in [0.5, 0.6) is 0 Å². The van der Waals surface area contributed by atoms with E-state index in [0.717, 1.165) is 14.4 Å². The van der Waals surface area contributed by atoms with E-state index in [9.17, 15) is 0 Å². The molecule has 0 aliphatic rings. The summed E-state index contributed by atoms with van der Waals surface area (Å²) < 4.78 is 6.33. The molecule has 6 heteroatoms. The largest absolute Gasteiger partial charge is 0.374 e. The molecule has 2 aromatic rings. The molecule has 0 aliphatic carbocycles. The number of nitrogens with zero attached hydrogens (tertiary/aromatic N) is 2. The van der Waals surface area contributed by atoms with E-state index in [0.29, 0.717) is 24.2 Å². The number of aromatic nitrogens is 2. The fourth-order valence-corrected chi connectivity index (χ4v) is 3.04. The molecule has 100 valence electrons. The second-order valence-electron chi connectivity index (χ2n) is 3.61. The van der Waals surface area contributed by atoms with Crippen LogP contribution in [-0.4, -0.2) is 16.6 Å². The van der Waals surface area contributed by atoms with Crippen molar-refractivity contribution >= 4 is 39.3 Å². The monoisotopic (exact) mass is 358 g/mol. The summed E-state index contributed by atoms with van der Waals surface area (Å²) in [5.41, 5.74) is 0. The molecule has 0 fully saturated rings. The first kappa shape index (κ1) is 14.8. The molecule has 3 nitrogen and oxygen atoms in total. The zero-order valence-electron chi connectivity index (χ0n) is 10.3. The van der Waals surface area contributed by atoms with Gasteiger partial charge in [-0.05, 0) is 35.0 Å². The van der Waals surface area contributed by atoms with Crippen molar-refractivity contribution in [2.24, 2.45) is 0 Å². The Morgan fingerprint density at radius 1 is 1.32 bits per heavy atom. The Hall–Kier alpha value is -0.620. The molecular weight excluding hydrogens is 348 g/mol. The molecule has 0 bridgehead atoms. The van der Waals surface area contributed by atoms with Crippen LogP contribution >= 0.6 is 39.3 Å². The summed E-state index contributed by atoms with van der Waals surface area (Å²) in [7, 11) is 0. The van der Waals surface area contributed by atoms with Crippen molar-refractivity contribution in [3.63, 3.8) is 0 Å². The Labute approximate surface area is 129 Å². The quantitative estimate of drug-likeness (QED) is 0.732. The smallest absolute Gasteiger partial charge is 0.157 e. The van der Waals surface area contributed by atoms with E-state index in [4.69, 9.17) is 16.3 Å². The predicted octanol–water partition coefficient (Wildman–Crippen LogP) is 4.58. The molecule has 1 heterocycles. The van der Waals surface area contributed by atoms with Crippen LogP contribution in [0.4, 0.5) is 0 Å². The van der Waals surface area contributed by atoms with Crippen molar-refractivity contribution in [1.82, 2.24) is 9.97 Å². The third-order valence-electron chi connectivity index (χ3n) is 2.20. The molecule has 0 atom stereocenters. The van der Waals surface area contributed by atoms with Crippen molar-refractivity contribution in [3.05, 3.63) is 45.8 Å². The van der Waals surface area contributed by atoms with E-state index >= 15 is 0 Å². The Balaban J connectivity index is 2.20. The molecule has 0 spiro atoms. The highest BCUT2D eigenvalue weighted by Crippen LogP contribution is 2.32. The van der Waals surface area contributed by atoms with Crippen molar-refractivity contribution in [2.45, 2.75) is 23.5 Å². The van der Waals surface area contributed by atoms with Gasteiger partial charge < -0.3 is 4.74 Å². The average Bonchev–Trinajstić information content (AvgIpc) is 2.38. The van der Waals surface area contributed by atoms with Gasteiger partial charge in [0.1, 0.15) is 16.8 Å². The molecule has 1 aromatic carbocycles. The molecule has 0 aliphatic heterocycles. The second kappa shape index (κ2) is 7.24. The van der Waals surface area contributed by atoms with E-state index in [1.807, 2.05) is 31.2 Å². The Bertz CT molecular complexity index is 568. The lowest BCUT2D eigenvalue weighted by Gasteiger charge is -2.06. The van der Waals surface area contributed by atoms with Gasteiger partial charge in [-0.15, -0.1) is 0 Å². The van der Waals surface area contributed by atoms with Gasteiger partial charge >= 0.3 is 0 Å². The van der Waals surface area contributed by atoms with E-state index in [1.165, 1.54) is 11.8 Å². The summed E-state index contributed by atoms with van der Waals surface area (Å²) in [6.45, 7) is 2.93. The normalized spacial score (nSPS) is 10.7. The first-order valence-corrected chi connectivity index (χ1v) is 7.71. The van der Waals surface area contributed by atoms with Gasteiger partial charge in [0.15, 0.2) is 5.82 Å². The molecule has 0 amide bonds. The van der Waals surface area contributed by atoms with E-state index in [1.54, 1.807) is 6.07 Å². The van der Waals surface area contributed by atoms with Gasteiger partial charge in [-0.25, -0.2) is 9.97 Å². The molecule has 0 saturated heterocycles. The highest BCUT2D eigenvalue weighted by atomic mass is 79.9. The van der Waals surface area contributed by atoms with Gasteiger partial charge in [0.25, 0.3) is 0 Å². The van der Waals surface area contributed by atoms with Crippen molar-refractivity contribution in [1.29, 1.82) is 0 Å². The van der Waals surface area contributed by atoms with Crippen molar-refractivity contribution < 1.29 is 4.74 Å². The summed E-state index contributed by atoms with van der Waals surface area (Å²) in [6, 6.07) is 9.72. The average molecular weight is 360 g/mol. The molecule has 0 saturated carbocycles. The Morgan fingerprint density at radius 2 is 2.11 bits per heavy atom. The lowest BCUT2D eigenvalue weighted by atomic mass is 10.4. The van der Waals surface area contributed by atoms with Gasteiger partial charge in [-0.3, -0.25) is 0 Å². The summed E-state index contributed by atoms with van der Waals surface area (Å²) >= 11 is 11.1. The minimum Gasteiger partial charge on any atom is -0.374 e. The van der Waals surface area contributed by atoms with Crippen LogP contribution in [0.15, 0.2) is 44.7 Å². The number of halogens is 2. The maximum Gasteiger partial charge on any atom is 0.157 e. The van der Waals surface area contributed by atoms with Gasteiger partial charge in [0.2, 0.25) is 0 Å². The fraction of sp³-hybridized carbons (Fsp3) is 0.231. The SMILES string of the molecule is CCOCc1nc(Cl)cc(Sc2ccccc2Br)n1. The number of rotatable bonds is 5. The van der Waals surface area contributed by atoms with Gasteiger partial charge in [0.05, 0.1) is 0 Å². The number of hydrogen-bond donors (Lipinski definition) is 0. The lowest BCUT2D eigenvalue weighted by Crippen LogP contribution is -2.00. The van der Waals surface area contributed by atoms with Gasteiger partial charge in [-0.1, -0.05) is 35.5 Å². The molecule has 2 rings (SSSR count). The molecule has 0 N–H and O–H groups in total. The van der Waals surface area contributed by atoms with Crippen LogP contribution in [0, 0.1) is 0 Å².